The largest absolute Gasteiger partial charge is 0.508 e. The van der Waals surface area contributed by atoms with E-state index in [2.05, 4.69) is 0 Å². The summed E-state index contributed by atoms with van der Waals surface area (Å²) in [5, 5.41) is 37.8. The normalized spacial score (nSPS) is 17.1. The van der Waals surface area contributed by atoms with Crippen molar-refractivity contribution in [2.24, 2.45) is 0 Å². The van der Waals surface area contributed by atoms with E-state index in [0.29, 0.717) is 11.1 Å². The molecule has 6 heteroatoms. The number of Topliss-reactive ketones (excluding diaryl/α,β-unsaturated/α-hetero) is 1. The summed E-state index contributed by atoms with van der Waals surface area (Å²) >= 11 is 0. The highest BCUT2D eigenvalue weighted by atomic mass is 16.5. The van der Waals surface area contributed by atoms with Crippen LogP contribution in [-0.2, 0) is 0 Å². The lowest BCUT2D eigenvalue weighted by molar-refractivity contribution is 0.0848. The third kappa shape index (κ3) is 2.20. The molecule has 0 bridgehead atoms. The van der Waals surface area contributed by atoms with Gasteiger partial charge in [0.2, 0.25) is 0 Å². The number of carbonyl (C=O) groups is 1. The molecule has 0 unspecified atom stereocenters. The Bertz CT molecular complexity index is 714. The first-order valence-electron chi connectivity index (χ1n) is 6.23. The average molecular weight is 288 g/mol. The maximum absolute atomic E-state index is 12.1. The van der Waals surface area contributed by atoms with Crippen LogP contribution in [0.5, 0.6) is 28.7 Å². The molecule has 108 valence electrons. The predicted molar refractivity (Wildman–Crippen MR) is 71.9 cm³/mol. The van der Waals surface area contributed by atoms with Crippen LogP contribution < -0.4 is 4.74 Å². The van der Waals surface area contributed by atoms with E-state index in [1.165, 1.54) is 30.3 Å². The molecule has 0 saturated heterocycles. The zero-order valence-electron chi connectivity index (χ0n) is 10.8. The van der Waals surface area contributed by atoms with Gasteiger partial charge in [0.1, 0.15) is 17.6 Å². The highest BCUT2D eigenvalue weighted by Gasteiger charge is 2.29. The summed E-state index contributed by atoms with van der Waals surface area (Å²) in [7, 11) is 0. The number of aromatic hydroxyl groups is 4. The Morgan fingerprint density at radius 1 is 1.00 bits per heavy atom. The SMILES string of the molecule is O=C1C[C@H](c2cc(O)c(O)c(O)c2)Oc2cc(O)ccc21. The number of carbonyl (C=O) groups excluding carboxylic acids is 1. The van der Waals surface area contributed by atoms with Crippen LogP contribution in [0.4, 0.5) is 0 Å². The fourth-order valence-corrected chi connectivity index (χ4v) is 2.31. The first-order chi connectivity index (χ1) is 9.95. The van der Waals surface area contributed by atoms with Crippen molar-refractivity contribution in [3.8, 4) is 28.7 Å². The van der Waals surface area contributed by atoms with Crippen molar-refractivity contribution in [2.75, 3.05) is 0 Å². The Hall–Kier alpha value is -2.89. The minimum absolute atomic E-state index is 0.0291. The molecule has 3 rings (SSSR count). The maximum Gasteiger partial charge on any atom is 0.200 e. The van der Waals surface area contributed by atoms with Crippen molar-refractivity contribution in [1.29, 1.82) is 0 Å². The number of rotatable bonds is 1. The van der Waals surface area contributed by atoms with Crippen molar-refractivity contribution >= 4 is 5.78 Å². The number of hydrogen-bond donors (Lipinski definition) is 4. The quantitative estimate of drug-likeness (QED) is 0.599. The molecule has 1 atom stereocenters. The minimum atomic E-state index is -0.718. The molecule has 1 heterocycles. The first kappa shape index (κ1) is 13.1. The summed E-state index contributed by atoms with van der Waals surface area (Å²) in [6.07, 6.45) is -0.689. The van der Waals surface area contributed by atoms with Crippen LogP contribution in [0, 0.1) is 0 Å². The molecule has 0 aliphatic carbocycles. The molecular weight excluding hydrogens is 276 g/mol. The molecular formula is C15H12O6. The molecule has 1 aliphatic rings. The van der Waals surface area contributed by atoms with Gasteiger partial charge in [-0.2, -0.15) is 0 Å². The van der Waals surface area contributed by atoms with Gasteiger partial charge in [0.05, 0.1) is 12.0 Å². The maximum atomic E-state index is 12.1. The molecule has 0 radical (unpaired) electrons. The second kappa shape index (κ2) is 4.59. The molecule has 0 fully saturated rings. The number of ketones is 1. The zero-order chi connectivity index (χ0) is 15.1. The van der Waals surface area contributed by atoms with Gasteiger partial charge in [0, 0.05) is 11.6 Å². The first-order valence-corrected chi connectivity index (χ1v) is 6.23. The van der Waals surface area contributed by atoms with E-state index in [1.54, 1.807) is 0 Å². The van der Waals surface area contributed by atoms with Crippen molar-refractivity contribution in [1.82, 2.24) is 0 Å². The van der Waals surface area contributed by atoms with Crippen LogP contribution >= 0.6 is 0 Å². The number of hydrogen-bond acceptors (Lipinski definition) is 6. The van der Waals surface area contributed by atoms with E-state index in [-0.39, 0.29) is 23.7 Å². The van der Waals surface area contributed by atoms with E-state index in [9.17, 15) is 25.2 Å². The van der Waals surface area contributed by atoms with E-state index in [1.807, 2.05) is 0 Å². The number of phenols is 4. The fourth-order valence-electron chi connectivity index (χ4n) is 2.31. The summed E-state index contributed by atoms with van der Waals surface area (Å²) in [6.45, 7) is 0. The van der Waals surface area contributed by atoms with Gasteiger partial charge in [0.15, 0.2) is 23.0 Å². The Morgan fingerprint density at radius 3 is 2.33 bits per heavy atom. The predicted octanol–water partition coefficient (Wildman–Crippen LogP) is 2.22. The van der Waals surface area contributed by atoms with Crippen molar-refractivity contribution in [3.05, 3.63) is 41.5 Å². The molecule has 1 aliphatic heterocycles. The van der Waals surface area contributed by atoms with E-state index in [4.69, 9.17) is 4.74 Å². The Morgan fingerprint density at radius 2 is 1.67 bits per heavy atom. The summed E-state index contributed by atoms with van der Waals surface area (Å²) in [6, 6.07) is 6.66. The molecule has 0 saturated carbocycles. The average Bonchev–Trinajstić information content (AvgIpc) is 2.43. The number of phenolic OH excluding ortho intramolecular Hbond substituents is 4. The van der Waals surface area contributed by atoms with Crippen molar-refractivity contribution in [3.63, 3.8) is 0 Å². The lowest BCUT2D eigenvalue weighted by atomic mass is 9.96. The molecule has 0 aromatic heterocycles. The van der Waals surface area contributed by atoms with Crippen LogP contribution in [0.15, 0.2) is 30.3 Å². The molecule has 0 amide bonds. The van der Waals surface area contributed by atoms with Gasteiger partial charge in [-0.05, 0) is 24.3 Å². The standard InChI is InChI=1S/C15H12O6/c16-8-1-2-9-10(17)6-13(21-14(9)5-8)7-3-11(18)15(20)12(19)4-7/h1-5,13,16,18-20H,6H2/t13-/m1/s1. The number of ether oxygens (including phenoxy) is 1. The van der Waals surface area contributed by atoms with Gasteiger partial charge in [0.25, 0.3) is 0 Å². The molecule has 4 N–H and O–H groups in total. The zero-order valence-corrected chi connectivity index (χ0v) is 10.8. The van der Waals surface area contributed by atoms with Crippen LogP contribution in [0.25, 0.3) is 0 Å². The molecule has 6 nitrogen and oxygen atoms in total. The van der Waals surface area contributed by atoms with Gasteiger partial charge in [-0.3, -0.25) is 4.79 Å². The summed E-state index contributed by atoms with van der Waals surface area (Å²) < 4.78 is 5.63. The highest BCUT2D eigenvalue weighted by Crippen LogP contribution is 2.42. The van der Waals surface area contributed by atoms with Crippen LogP contribution in [0.3, 0.4) is 0 Å². The van der Waals surface area contributed by atoms with Gasteiger partial charge >= 0.3 is 0 Å². The van der Waals surface area contributed by atoms with Crippen LogP contribution in [0.1, 0.15) is 28.4 Å². The van der Waals surface area contributed by atoms with E-state index >= 15 is 0 Å². The summed E-state index contributed by atoms with van der Waals surface area (Å²) in [5.41, 5.74) is 0.724. The Kier molecular flexibility index (Phi) is 2.86. The summed E-state index contributed by atoms with van der Waals surface area (Å²) in [4.78, 5) is 12.1. The number of fused-ring (bicyclic) bond motifs is 1. The third-order valence-electron chi connectivity index (χ3n) is 3.37. The molecule has 0 spiro atoms. The number of benzene rings is 2. The Labute approximate surface area is 119 Å². The van der Waals surface area contributed by atoms with Gasteiger partial charge in [-0.1, -0.05) is 0 Å². The third-order valence-corrected chi connectivity index (χ3v) is 3.37. The fraction of sp³-hybridized carbons (Fsp3) is 0.133. The molecule has 2 aromatic rings. The van der Waals surface area contributed by atoms with Crippen molar-refractivity contribution in [2.45, 2.75) is 12.5 Å². The molecule has 21 heavy (non-hydrogen) atoms. The highest BCUT2D eigenvalue weighted by molar-refractivity contribution is 6.00. The van der Waals surface area contributed by atoms with E-state index in [0.717, 1.165) is 0 Å². The van der Waals surface area contributed by atoms with Gasteiger partial charge in [-0.25, -0.2) is 0 Å². The topological polar surface area (TPSA) is 107 Å². The van der Waals surface area contributed by atoms with Crippen LogP contribution in [-0.4, -0.2) is 26.2 Å². The van der Waals surface area contributed by atoms with Gasteiger partial charge in [-0.15, -0.1) is 0 Å². The minimum Gasteiger partial charge on any atom is -0.508 e. The monoisotopic (exact) mass is 288 g/mol. The summed E-state index contributed by atoms with van der Waals surface area (Å²) in [5.74, 6) is -1.58. The smallest absolute Gasteiger partial charge is 0.200 e. The lowest BCUT2D eigenvalue weighted by Crippen LogP contribution is -2.20. The second-order valence-corrected chi connectivity index (χ2v) is 4.82. The Balaban J connectivity index is 2.01. The van der Waals surface area contributed by atoms with Gasteiger partial charge < -0.3 is 25.2 Å². The van der Waals surface area contributed by atoms with Crippen molar-refractivity contribution < 1.29 is 30.0 Å². The van der Waals surface area contributed by atoms with E-state index < -0.39 is 23.4 Å². The second-order valence-electron chi connectivity index (χ2n) is 4.82. The van der Waals surface area contributed by atoms with Crippen LogP contribution in [0.2, 0.25) is 0 Å². The lowest BCUT2D eigenvalue weighted by Gasteiger charge is -2.25. The molecule has 2 aromatic carbocycles.